The van der Waals surface area contributed by atoms with Crippen molar-refractivity contribution in [1.29, 1.82) is 0 Å². The molecule has 1 atom stereocenters. The van der Waals surface area contributed by atoms with Gasteiger partial charge in [-0.05, 0) is 71.8 Å². The fraction of sp³-hybridized carbons (Fsp3) is 0.323. The molecule has 0 spiro atoms. The highest BCUT2D eigenvalue weighted by atomic mass is 35.5. The van der Waals surface area contributed by atoms with Crippen LogP contribution in [0, 0.1) is 0 Å². The van der Waals surface area contributed by atoms with Gasteiger partial charge in [-0.3, -0.25) is 9.69 Å². The van der Waals surface area contributed by atoms with Gasteiger partial charge in [0.25, 0.3) is 5.91 Å². The van der Waals surface area contributed by atoms with Crippen molar-refractivity contribution in [3.05, 3.63) is 100 Å². The highest BCUT2D eigenvalue weighted by Gasteiger charge is 2.20. The van der Waals surface area contributed by atoms with Crippen LogP contribution in [0.25, 0.3) is 0 Å². The summed E-state index contributed by atoms with van der Waals surface area (Å²) in [6.45, 7) is -0.0330. The third kappa shape index (κ3) is 8.05. The molecule has 1 aliphatic rings. The zero-order chi connectivity index (χ0) is 28.5. The molecule has 0 aliphatic heterocycles. The predicted octanol–water partition coefficient (Wildman–Crippen LogP) is 6.46. The zero-order valence-corrected chi connectivity index (χ0v) is 22.9. The Morgan fingerprint density at radius 3 is 2.12 bits per heavy atom. The molecule has 3 aromatic rings. The van der Waals surface area contributed by atoms with Gasteiger partial charge < -0.3 is 15.7 Å². The first-order chi connectivity index (χ1) is 19.3. The van der Waals surface area contributed by atoms with Crippen LogP contribution in [0.15, 0.2) is 72.8 Å². The maximum atomic E-state index is 13.4. The largest absolute Gasteiger partial charge is 0.479 e. The van der Waals surface area contributed by atoms with Gasteiger partial charge in [0.05, 0.1) is 13.1 Å². The number of nitrogens with one attached hydrogen (secondary N) is 2. The minimum atomic E-state index is -2.17. The molecule has 7 nitrogen and oxygen atoms in total. The fourth-order valence-corrected chi connectivity index (χ4v) is 4.96. The number of carbonyl (C=O) groups is 3. The molecule has 210 valence electrons. The van der Waals surface area contributed by atoms with Gasteiger partial charge >= 0.3 is 12.0 Å². The van der Waals surface area contributed by atoms with Gasteiger partial charge in [-0.2, -0.15) is 0 Å². The number of anilines is 1. The van der Waals surface area contributed by atoms with Crippen LogP contribution in [0.4, 0.5) is 14.9 Å². The predicted molar refractivity (Wildman–Crippen MR) is 153 cm³/mol. The number of benzene rings is 3. The number of hydrogen-bond acceptors (Lipinski definition) is 3. The van der Waals surface area contributed by atoms with Gasteiger partial charge in [-0.25, -0.2) is 14.0 Å². The van der Waals surface area contributed by atoms with Gasteiger partial charge in [0, 0.05) is 22.8 Å². The lowest BCUT2D eigenvalue weighted by molar-refractivity contribution is -0.142. The summed E-state index contributed by atoms with van der Waals surface area (Å²) >= 11 is 5.98. The summed E-state index contributed by atoms with van der Waals surface area (Å²) in [5.41, 5.74) is 4.00. The van der Waals surface area contributed by atoms with Crippen LogP contribution in [-0.2, 0) is 17.9 Å². The Morgan fingerprint density at radius 2 is 1.50 bits per heavy atom. The average Bonchev–Trinajstić information content (AvgIpc) is 2.99. The average molecular weight is 566 g/mol. The van der Waals surface area contributed by atoms with Crippen LogP contribution in [0.3, 0.4) is 0 Å². The molecular weight excluding hydrogens is 533 g/mol. The minimum Gasteiger partial charge on any atom is -0.479 e. The SMILES string of the molecule is O=C(NCC(F)C(=O)O)c1ccc(CN(C(=O)NCc2ccc(Cl)cc2)c2ccc(C3CCCCC3)cc2)cc1. The van der Waals surface area contributed by atoms with E-state index in [1.54, 1.807) is 41.3 Å². The van der Waals surface area contributed by atoms with Crippen LogP contribution in [0.2, 0.25) is 5.02 Å². The third-order valence-corrected chi connectivity index (χ3v) is 7.40. The van der Waals surface area contributed by atoms with Crippen molar-refractivity contribution in [2.24, 2.45) is 0 Å². The van der Waals surface area contributed by atoms with E-state index in [1.165, 1.54) is 37.7 Å². The van der Waals surface area contributed by atoms with Gasteiger partial charge in [-0.1, -0.05) is 67.3 Å². The second kappa shape index (κ2) is 13.9. The van der Waals surface area contributed by atoms with Crippen LogP contribution >= 0.6 is 11.6 Å². The summed E-state index contributed by atoms with van der Waals surface area (Å²) in [5.74, 6) is -1.65. The van der Waals surface area contributed by atoms with E-state index in [0.29, 0.717) is 17.5 Å². The van der Waals surface area contributed by atoms with Crippen molar-refractivity contribution in [1.82, 2.24) is 10.6 Å². The van der Waals surface area contributed by atoms with E-state index in [-0.39, 0.29) is 18.1 Å². The Labute approximate surface area is 238 Å². The lowest BCUT2D eigenvalue weighted by atomic mass is 9.84. The van der Waals surface area contributed by atoms with Crippen LogP contribution in [-0.4, -0.2) is 35.7 Å². The van der Waals surface area contributed by atoms with Crippen LogP contribution in [0.1, 0.15) is 65.1 Å². The van der Waals surface area contributed by atoms with Gasteiger partial charge in [0.1, 0.15) is 0 Å². The summed E-state index contributed by atoms with van der Waals surface area (Å²) in [4.78, 5) is 38.0. The monoisotopic (exact) mass is 565 g/mol. The number of hydrogen-bond donors (Lipinski definition) is 3. The van der Waals surface area contributed by atoms with Gasteiger partial charge in [0.15, 0.2) is 0 Å². The number of nitrogens with zero attached hydrogens (tertiary/aromatic N) is 1. The second-order valence-electron chi connectivity index (χ2n) is 10.0. The molecule has 1 saturated carbocycles. The lowest BCUT2D eigenvalue weighted by Crippen LogP contribution is -2.39. The van der Waals surface area contributed by atoms with Crippen LogP contribution < -0.4 is 15.5 Å². The number of urea groups is 1. The smallest absolute Gasteiger partial charge is 0.340 e. The first-order valence-electron chi connectivity index (χ1n) is 13.4. The number of carboxylic acids is 1. The minimum absolute atomic E-state index is 0.253. The van der Waals surface area contributed by atoms with E-state index in [1.807, 2.05) is 24.3 Å². The quantitative estimate of drug-likeness (QED) is 0.263. The summed E-state index contributed by atoms with van der Waals surface area (Å²) < 4.78 is 13.3. The van der Waals surface area contributed by atoms with Gasteiger partial charge in [-0.15, -0.1) is 0 Å². The van der Waals surface area contributed by atoms with E-state index in [2.05, 4.69) is 22.8 Å². The molecule has 3 N–H and O–H groups in total. The number of aliphatic carboxylic acids is 1. The molecule has 1 unspecified atom stereocenters. The van der Waals surface area contributed by atoms with Crippen LogP contribution in [0.5, 0.6) is 0 Å². The Kier molecular flexibility index (Phi) is 10.1. The van der Waals surface area contributed by atoms with Crippen molar-refractivity contribution in [2.45, 2.75) is 57.3 Å². The number of rotatable bonds is 10. The van der Waals surface area contributed by atoms with E-state index in [4.69, 9.17) is 16.7 Å². The molecule has 0 heterocycles. The molecule has 9 heteroatoms. The molecular formula is C31H33ClFN3O4. The van der Waals surface area contributed by atoms with E-state index in [0.717, 1.165) is 16.8 Å². The fourth-order valence-electron chi connectivity index (χ4n) is 4.83. The molecule has 0 radical (unpaired) electrons. The molecule has 0 aromatic heterocycles. The molecule has 1 aliphatic carbocycles. The standard InChI is InChI=1S/C31H33ClFN3O4/c32-26-14-8-21(9-15-26)18-35-31(40)36(27-16-12-24(13-17-27)23-4-2-1-3-5-23)20-22-6-10-25(11-7-22)29(37)34-19-28(33)30(38)39/h6-17,23,28H,1-5,18-20H2,(H,34,37)(H,35,40)(H,38,39). The third-order valence-electron chi connectivity index (χ3n) is 7.15. The Bertz CT molecular complexity index is 1290. The van der Waals surface area contributed by atoms with Gasteiger partial charge in [0.2, 0.25) is 6.17 Å². The molecule has 3 aromatic carbocycles. The summed E-state index contributed by atoms with van der Waals surface area (Å²) in [5, 5.41) is 14.5. The normalized spacial score (nSPS) is 14.2. The first-order valence-corrected chi connectivity index (χ1v) is 13.8. The number of amides is 3. The zero-order valence-electron chi connectivity index (χ0n) is 22.1. The summed E-state index contributed by atoms with van der Waals surface area (Å²) in [6, 6.07) is 21.7. The maximum absolute atomic E-state index is 13.4. The Balaban J connectivity index is 1.47. The van der Waals surface area contributed by atoms with E-state index in [9.17, 15) is 18.8 Å². The Hall–Kier alpha value is -3.91. The second-order valence-corrected chi connectivity index (χ2v) is 10.4. The highest BCUT2D eigenvalue weighted by Crippen LogP contribution is 2.33. The highest BCUT2D eigenvalue weighted by molar-refractivity contribution is 6.30. The van der Waals surface area contributed by atoms with Crippen molar-refractivity contribution >= 4 is 35.2 Å². The van der Waals surface area contributed by atoms with E-state index < -0.39 is 24.6 Å². The van der Waals surface area contributed by atoms with E-state index >= 15 is 0 Å². The molecule has 0 bridgehead atoms. The molecule has 4 rings (SSSR count). The number of halogens is 2. The first kappa shape index (κ1) is 29.1. The van der Waals surface area contributed by atoms with Crippen molar-refractivity contribution in [2.75, 3.05) is 11.4 Å². The molecule has 0 saturated heterocycles. The molecule has 40 heavy (non-hydrogen) atoms. The maximum Gasteiger partial charge on any atom is 0.340 e. The van der Waals surface area contributed by atoms with Crippen molar-refractivity contribution < 1.29 is 23.9 Å². The lowest BCUT2D eigenvalue weighted by Gasteiger charge is -2.26. The summed E-state index contributed by atoms with van der Waals surface area (Å²) in [6.07, 6.45) is 3.98. The topological polar surface area (TPSA) is 98.7 Å². The van der Waals surface area contributed by atoms with Crippen molar-refractivity contribution in [3.8, 4) is 0 Å². The summed E-state index contributed by atoms with van der Waals surface area (Å²) in [7, 11) is 0. The number of carboxylic acid groups (broad SMARTS) is 1. The number of carbonyl (C=O) groups excluding carboxylic acids is 2. The number of alkyl halides is 1. The molecule has 3 amide bonds. The Morgan fingerprint density at radius 1 is 0.875 bits per heavy atom. The van der Waals surface area contributed by atoms with Crippen molar-refractivity contribution in [3.63, 3.8) is 0 Å². The molecule has 1 fully saturated rings.